The SMILES string of the molecule is CS(=O)(=O)N1CCN(CCn2cc(C(=O)O)nn2)CC1. The molecule has 10 heteroatoms. The monoisotopic (exact) mass is 303 g/mol. The van der Waals surface area contributed by atoms with Crippen LogP contribution in [0, 0.1) is 0 Å². The van der Waals surface area contributed by atoms with Crippen LogP contribution >= 0.6 is 0 Å². The number of aromatic carboxylic acids is 1. The van der Waals surface area contributed by atoms with Gasteiger partial charge in [-0.2, -0.15) is 4.31 Å². The van der Waals surface area contributed by atoms with Crippen LogP contribution in [0.1, 0.15) is 10.5 Å². The molecule has 9 nitrogen and oxygen atoms in total. The van der Waals surface area contributed by atoms with Crippen LogP contribution in [0.15, 0.2) is 6.20 Å². The number of rotatable bonds is 5. The Bertz CT molecular complexity index is 576. The molecule has 20 heavy (non-hydrogen) atoms. The van der Waals surface area contributed by atoms with E-state index in [0.717, 1.165) is 0 Å². The lowest BCUT2D eigenvalue weighted by Crippen LogP contribution is -2.48. The van der Waals surface area contributed by atoms with Gasteiger partial charge >= 0.3 is 5.97 Å². The summed E-state index contributed by atoms with van der Waals surface area (Å²) in [6.07, 6.45) is 2.60. The summed E-state index contributed by atoms with van der Waals surface area (Å²) in [6.45, 7) is 3.49. The molecule has 0 unspecified atom stereocenters. The molecule has 1 aliphatic heterocycles. The molecule has 0 aromatic carbocycles. The maximum atomic E-state index is 11.4. The second kappa shape index (κ2) is 5.85. The van der Waals surface area contributed by atoms with E-state index < -0.39 is 16.0 Å². The van der Waals surface area contributed by atoms with E-state index in [-0.39, 0.29) is 5.69 Å². The molecule has 0 spiro atoms. The van der Waals surface area contributed by atoms with Gasteiger partial charge in [0.1, 0.15) is 0 Å². The first-order chi connectivity index (χ1) is 9.36. The lowest BCUT2D eigenvalue weighted by Gasteiger charge is -2.33. The normalized spacial score (nSPS) is 18.2. The molecule has 0 amide bonds. The van der Waals surface area contributed by atoms with Crippen LogP contribution in [0.25, 0.3) is 0 Å². The smallest absolute Gasteiger partial charge is 0.358 e. The van der Waals surface area contributed by atoms with Gasteiger partial charge in [-0.15, -0.1) is 5.10 Å². The van der Waals surface area contributed by atoms with Crippen LogP contribution in [-0.4, -0.2) is 82.7 Å². The Kier molecular flexibility index (Phi) is 4.35. The molecule has 0 radical (unpaired) electrons. The van der Waals surface area contributed by atoms with Gasteiger partial charge in [0, 0.05) is 32.7 Å². The molecule has 0 aliphatic carbocycles. The summed E-state index contributed by atoms with van der Waals surface area (Å²) in [7, 11) is -3.11. The Labute approximate surface area is 116 Å². The number of carboxylic acid groups (broad SMARTS) is 1. The predicted molar refractivity (Wildman–Crippen MR) is 69.8 cm³/mol. The predicted octanol–water partition coefficient (Wildman–Crippen LogP) is -1.45. The van der Waals surface area contributed by atoms with Crippen LogP contribution in [0.5, 0.6) is 0 Å². The second-order valence-electron chi connectivity index (χ2n) is 4.68. The average Bonchev–Trinajstić information content (AvgIpc) is 2.85. The van der Waals surface area contributed by atoms with E-state index in [2.05, 4.69) is 15.2 Å². The van der Waals surface area contributed by atoms with Gasteiger partial charge in [-0.05, 0) is 0 Å². The highest BCUT2D eigenvalue weighted by Gasteiger charge is 2.23. The molecule has 1 aromatic rings. The standard InChI is InChI=1S/C10H17N5O4S/c1-20(18,19)15-6-3-13(4-7-15)2-5-14-8-9(10(16)17)11-12-14/h8H,2-7H2,1H3,(H,16,17). The van der Waals surface area contributed by atoms with E-state index in [1.807, 2.05) is 0 Å². The van der Waals surface area contributed by atoms with Crippen molar-refractivity contribution in [1.29, 1.82) is 0 Å². The van der Waals surface area contributed by atoms with Crippen molar-refractivity contribution in [2.75, 3.05) is 39.0 Å². The number of piperazine rings is 1. The van der Waals surface area contributed by atoms with E-state index in [0.29, 0.717) is 39.3 Å². The first-order valence-corrected chi connectivity index (χ1v) is 8.02. The Morgan fingerprint density at radius 1 is 1.30 bits per heavy atom. The minimum absolute atomic E-state index is 0.0769. The van der Waals surface area contributed by atoms with Gasteiger partial charge in [0.05, 0.1) is 19.0 Å². The fourth-order valence-electron chi connectivity index (χ4n) is 2.03. The van der Waals surface area contributed by atoms with Crippen molar-refractivity contribution in [3.05, 3.63) is 11.9 Å². The van der Waals surface area contributed by atoms with E-state index >= 15 is 0 Å². The third-order valence-electron chi connectivity index (χ3n) is 3.20. The van der Waals surface area contributed by atoms with Gasteiger partial charge in [0.2, 0.25) is 10.0 Å². The first-order valence-electron chi connectivity index (χ1n) is 6.17. The van der Waals surface area contributed by atoms with Crippen LogP contribution in [-0.2, 0) is 16.6 Å². The molecular formula is C10H17N5O4S. The highest BCUT2D eigenvalue weighted by atomic mass is 32.2. The zero-order chi connectivity index (χ0) is 14.8. The Balaban J connectivity index is 1.80. The Morgan fingerprint density at radius 3 is 2.45 bits per heavy atom. The third kappa shape index (κ3) is 3.74. The molecule has 0 saturated carbocycles. The molecule has 1 saturated heterocycles. The molecule has 112 valence electrons. The van der Waals surface area contributed by atoms with Crippen molar-refractivity contribution in [2.45, 2.75) is 6.54 Å². The van der Waals surface area contributed by atoms with Gasteiger partial charge in [-0.25, -0.2) is 13.2 Å². The number of hydrogen-bond donors (Lipinski definition) is 1. The lowest BCUT2D eigenvalue weighted by atomic mass is 10.3. The number of sulfonamides is 1. The summed E-state index contributed by atoms with van der Waals surface area (Å²) in [4.78, 5) is 12.8. The van der Waals surface area contributed by atoms with Gasteiger partial charge in [-0.3, -0.25) is 9.58 Å². The van der Waals surface area contributed by atoms with E-state index in [9.17, 15) is 13.2 Å². The average molecular weight is 303 g/mol. The van der Waals surface area contributed by atoms with Crippen molar-refractivity contribution in [3.8, 4) is 0 Å². The molecule has 1 aromatic heterocycles. The van der Waals surface area contributed by atoms with Gasteiger partial charge in [-0.1, -0.05) is 5.21 Å². The molecule has 2 heterocycles. The maximum Gasteiger partial charge on any atom is 0.358 e. The summed E-state index contributed by atoms with van der Waals surface area (Å²) < 4.78 is 25.7. The highest BCUT2D eigenvalue weighted by Crippen LogP contribution is 2.06. The number of carbonyl (C=O) groups is 1. The Hall–Kier alpha value is -1.52. The minimum Gasteiger partial charge on any atom is -0.476 e. The Morgan fingerprint density at radius 2 is 1.95 bits per heavy atom. The van der Waals surface area contributed by atoms with Crippen molar-refractivity contribution in [3.63, 3.8) is 0 Å². The number of aromatic nitrogens is 3. The van der Waals surface area contributed by atoms with Gasteiger partial charge in [0.15, 0.2) is 5.69 Å². The fraction of sp³-hybridized carbons (Fsp3) is 0.700. The second-order valence-corrected chi connectivity index (χ2v) is 6.66. The molecule has 2 rings (SSSR count). The van der Waals surface area contributed by atoms with Crippen molar-refractivity contribution >= 4 is 16.0 Å². The lowest BCUT2D eigenvalue weighted by molar-refractivity contribution is 0.0690. The van der Waals surface area contributed by atoms with Crippen molar-refractivity contribution in [2.24, 2.45) is 0 Å². The van der Waals surface area contributed by atoms with Crippen molar-refractivity contribution in [1.82, 2.24) is 24.2 Å². The van der Waals surface area contributed by atoms with Crippen LogP contribution in [0.2, 0.25) is 0 Å². The minimum atomic E-state index is -3.11. The third-order valence-corrected chi connectivity index (χ3v) is 4.51. The van der Waals surface area contributed by atoms with Crippen molar-refractivity contribution < 1.29 is 18.3 Å². The fourth-order valence-corrected chi connectivity index (χ4v) is 2.86. The number of nitrogens with zero attached hydrogens (tertiary/aromatic N) is 5. The molecule has 0 bridgehead atoms. The van der Waals surface area contributed by atoms with E-state index in [4.69, 9.17) is 5.11 Å². The van der Waals surface area contributed by atoms with Crippen LogP contribution < -0.4 is 0 Å². The van der Waals surface area contributed by atoms with Gasteiger partial charge in [0.25, 0.3) is 0 Å². The zero-order valence-electron chi connectivity index (χ0n) is 11.1. The topological polar surface area (TPSA) is 109 Å². The summed E-state index contributed by atoms with van der Waals surface area (Å²) in [5.41, 5.74) is -0.0769. The van der Waals surface area contributed by atoms with E-state index in [1.54, 1.807) is 0 Å². The molecular weight excluding hydrogens is 286 g/mol. The number of hydrogen-bond acceptors (Lipinski definition) is 6. The maximum absolute atomic E-state index is 11.4. The number of carboxylic acids is 1. The largest absolute Gasteiger partial charge is 0.476 e. The molecule has 1 fully saturated rings. The quantitative estimate of drug-likeness (QED) is 0.709. The summed E-state index contributed by atoms with van der Waals surface area (Å²) in [6, 6.07) is 0. The molecule has 1 N–H and O–H groups in total. The van der Waals surface area contributed by atoms with Crippen LogP contribution in [0.4, 0.5) is 0 Å². The van der Waals surface area contributed by atoms with E-state index in [1.165, 1.54) is 21.4 Å². The molecule has 0 atom stereocenters. The summed E-state index contributed by atoms with van der Waals surface area (Å²) in [5.74, 6) is -1.10. The summed E-state index contributed by atoms with van der Waals surface area (Å²) >= 11 is 0. The summed E-state index contributed by atoms with van der Waals surface area (Å²) in [5, 5.41) is 16.0. The molecule has 1 aliphatic rings. The van der Waals surface area contributed by atoms with Crippen LogP contribution in [0.3, 0.4) is 0 Å². The highest BCUT2D eigenvalue weighted by molar-refractivity contribution is 7.88. The first kappa shape index (κ1) is 14.9. The van der Waals surface area contributed by atoms with Gasteiger partial charge < -0.3 is 5.11 Å². The zero-order valence-corrected chi connectivity index (χ0v) is 12.0.